The third-order valence-corrected chi connectivity index (χ3v) is 1.88. The maximum atomic E-state index is 11.3. The number of urea groups is 1. The fourth-order valence-corrected chi connectivity index (χ4v) is 1.11. The average Bonchev–Trinajstić information content (AvgIpc) is 2.13. The predicted molar refractivity (Wildman–Crippen MR) is 66.6 cm³/mol. The number of hydrogen-bond donors (Lipinski definition) is 2. The normalized spacial score (nSPS) is 11.2. The molecule has 0 fully saturated rings. The van der Waals surface area contributed by atoms with Crippen molar-refractivity contribution >= 4 is 6.03 Å². The fourth-order valence-electron chi connectivity index (χ4n) is 1.11. The van der Waals surface area contributed by atoms with E-state index in [0.717, 1.165) is 32.5 Å². The van der Waals surface area contributed by atoms with Gasteiger partial charge in [0.05, 0.1) is 0 Å². The van der Waals surface area contributed by atoms with E-state index in [-0.39, 0.29) is 11.6 Å². The maximum Gasteiger partial charge on any atom is 0.315 e. The van der Waals surface area contributed by atoms with Crippen molar-refractivity contribution in [1.29, 1.82) is 0 Å². The summed E-state index contributed by atoms with van der Waals surface area (Å²) in [7, 11) is 0. The molecule has 0 atom stereocenters. The second-order valence-electron chi connectivity index (χ2n) is 4.95. The standard InChI is InChI=1S/C12H26N2O2/c1-5-6-9-16-10-7-8-13-11(15)14-12(2,3)4/h5-10H2,1-4H3,(H2,13,14,15). The molecule has 0 aromatic carbocycles. The van der Waals surface area contributed by atoms with Gasteiger partial charge in [-0.2, -0.15) is 0 Å². The van der Waals surface area contributed by atoms with Crippen LogP contribution in [0.3, 0.4) is 0 Å². The van der Waals surface area contributed by atoms with E-state index >= 15 is 0 Å². The summed E-state index contributed by atoms with van der Waals surface area (Å²) >= 11 is 0. The zero-order chi connectivity index (χ0) is 12.4. The van der Waals surface area contributed by atoms with Gasteiger partial charge in [-0.3, -0.25) is 0 Å². The Labute approximate surface area is 99.1 Å². The molecule has 0 spiro atoms. The van der Waals surface area contributed by atoms with Crippen LogP contribution in [0.4, 0.5) is 4.79 Å². The van der Waals surface area contributed by atoms with Gasteiger partial charge in [0.1, 0.15) is 0 Å². The Morgan fingerprint density at radius 2 is 1.81 bits per heavy atom. The minimum absolute atomic E-state index is 0.110. The highest BCUT2D eigenvalue weighted by Crippen LogP contribution is 1.97. The first kappa shape index (κ1) is 15.2. The fraction of sp³-hybridized carbons (Fsp3) is 0.917. The summed E-state index contributed by atoms with van der Waals surface area (Å²) < 4.78 is 5.39. The number of carbonyl (C=O) groups excluding carboxylic acids is 1. The molecule has 96 valence electrons. The lowest BCUT2D eigenvalue weighted by molar-refractivity contribution is 0.129. The van der Waals surface area contributed by atoms with Crippen molar-refractivity contribution in [3.05, 3.63) is 0 Å². The van der Waals surface area contributed by atoms with Crippen molar-refractivity contribution in [1.82, 2.24) is 10.6 Å². The molecule has 0 aliphatic heterocycles. The van der Waals surface area contributed by atoms with E-state index in [2.05, 4.69) is 17.6 Å². The molecule has 0 bridgehead atoms. The quantitative estimate of drug-likeness (QED) is 0.659. The lowest BCUT2D eigenvalue weighted by Crippen LogP contribution is -2.46. The smallest absolute Gasteiger partial charge is 0.315 e. The first-order valence-electron chi connectivity index (χ1n) is 6.09. The van der Waals surface area contributed by atoms with Crippen LogP contribution < -0.4 is 10.6 Å². The van der Waals surface area contributed by atoms with Crippen LogP contribution in [-0.4, -0.2) is 31.3 Å². The van der Waals surface area contributed by atoms with Crippen molar-refractivity contribution in [2.75, 3.05) is 19.8 Å². The molecule has 0 aromatic rings. The molecule has 0 saturated carbocycles. The Hall–Kier alpha value is -0.770. The summed E-state index contributed by atoms with van der Waals surface area (Å²) in [6.45, 7) is 10.2. The monoisotopic (exact) mass is 230 g/mol. The van der Waals surface area contributed by atoms with E-state index in [1.54, 1.807) is 0 Å². The minimum Gasteiger partial charge on any atom is -0.381 e. The number of amides is 2. The van der Waals surface area contributed by atoms with Gasteiger partial charge in [0.15, 0.2) is 0 Å². The summed E-state index contributed by atoms with van der Waals surface area (Å²) in [5, 5.41) is 5.64. The minimum atomic E-state index is -0.179. The number of rotatable bonds is 7. The number of ether oxygens (including phenoxy) is 1. The molecular weight excluding hydrogens is 204 g/mol. The zero-order valence-electron chi connectivity index (χ0n) is 11.1. The van der Waals surface area contributed by atoms with E-state index < -0.39 is 0 Å². The molecule has 4 nitrogen and oxygen atoms in total. The van der Waals surface area contributed by atoms with Gasteiger partial charge in [0, 0.05) is 25.3 Å². The molecule has 0 rings (SSSR count). The molecule has 0 radical (unpaired) electrons. The van der Waals surface area contributed by atoms with Crippen LogP contribution in [-0.2, 0) is 4.74 Å². The molecule has 2 amide bonds. The Morgan fingerprint density at radius 1 is 1.19 bits per heavy atom. The molecule has 16 heavy (non-hydrogen) atoms. The first-order valence-corrected chi connectivity index (χ1v) is 6.09. The largest absolute Gasteiger partial charge is 0.381 e. The lowest BCUT2D eigenvalue weighted by Gasteiger charge is -2.20. The van der Waals surface area contributed by atoms with Gasteiger partial charge in [-0.15, -0.1) is 0 Å². The highest BCUT2D eigenvalue weighted by atomic mass is 16.5. The van der Waals surface area contributed by atoms with E-state index in [0.29, 0.717) is 6.54 Å². The third kappa shape index (κ3) is 11.3. The van der Waals surface area contributed by atoms with Crippen LogP contribution in [0.25, 0.3) is 0 Å². The van der Waals surface area contributed by atoms with Crippen LogP contribution in [0.1, 0.15) is 47.0 Å². The second kappa shape index (κ2) is 8.39. The number of nitrogens with one attached hydrogen (secondary N) is 2. The molecule has 4 heteroatoms. The van der Waals surface area contributed by atoms with Gasteiger partial charge in [0.25, 0.3) is 0 Å². The van der Waals surface area contributed by atoms with Gasteiger partial charge in [-0.25, -0.2) is 4.79 Å². The Morgan fingerprint density at radius 3 is 2.38 bits per heavy atom. The van der Waals surface area contributed by atoms with Gasteiger partial charge in [0.2, 0.25) is 0 Å². The molecule has 2 N–H and O–H groups in total. The van der Waals surface area contributed by atoms with Crippen molar-refractivity contribution < 1.29 is 9.53 Å². The van der Waals surface area contributed by atoms with Crippen molar-refractivity contribution in [3.63, 3.8) is 0 Å². The summed E-state index contributed by atoms with van der Waals surface area (Å²) in [6.07, 6.45) is 3.13. The van der Waals surface area contributed by atoms with Crippen LogP contribution in [0.5, 0.6) is 0 Å². The molecule has 0 aromatic heterocycles. The van der Waals surface area contributed by atoms with Crippen molar-refractivity contribution in [2.24, 2.45) is 0 Å². The van der Waals surface area contributed by atoms with E-state index in [4.69, 9.17) is 4.74 Å². The van der Waals surface area contributed by atoms with Crippen molar-refractivity contribution in [2.45, 2.75) is 52.5 Å². The van der Waals surface area contributed by atoms with Gasteiger partial charge < -0.3 is 15.4 Å². The van der Waals surface area contributed by atoms with Gasteiger partial charge in [-0.05, 0) is 33.6 Å². The molecule has 0 saturated heterocycles. The summed E-state index contributed by atoms with van der Waals surface area (Å²) in [6, 6.07) is -0.110. The molecule has 0 heterocycles. The topological polar surface area (TPSA) is 50.4 Å². The van der Waals surface area contributed by atoms with Gasteiger partial charge >= 0.3 is 6.03 Å². The van der Waals surface area contributed by atoms with E-state index in [1.807, 2.05) is 20.8 Å². The third-order valence-electron chi connectivity index (χ3n) is 1.88. The van der Waals surface area contributed by atoms with E-state index in [9.17, 15) is 4.79 Å². The highest BCUT2D eigenvalue weighted by Gasteiger charge is 2.12. The van der Waals surface area contributed by atoms with Crippen LogP contribution in [0.15, 0.2) is 0 Å². The van der Waals surface area contributed by atoms with E-state index in [1.165, 1.54) is 0 Å². The SMILES string of the molecule is CCCCOCCCNC(=O)NC(C)(C)C. The molecular formula is C12H26N2O2. The summed E-state index contributed by atoms with van der Waals surface area (Å²) in [5.41, 5.74) is -0.179. The number of hydrogen-bond acceptors (Lipinski definition) is 2. The first-order chi connectivity index (χ1) is 7.45. The number of carbonyl (C=O) groups is 1. The maximum absolute atomic E-state index is 11.3. The summed E-state index contributed by atoms with van der Waals surface area (Å²) in [5.74, 6) is 0. The molecule has 0 aliphatic rings. The van der Waals surface area contributed by atoms with Crippen LogP contribution in [0, 0.1) is 0 Å². The second-order valence-corrected chi connectivity index (χ2v) is 4.95. The predicted octanol–water partition coefficient (Wildman–Crippen LogP) is 2.29. The van der Waals surface area contributed by atoms with Crippen LogP contribution in [0.2, 0.25) is 0 Å². The lowest BCUT2D eigenvalue weighted by atomic mass is 10.1. The Kier molecular flexibility index (Phi) is 7.99. The Balaban J connectivity index is 3.28. The Bertz CT molecular complexity index is 188. The summed E-state index contributed by atoms with van der Waals surface area (Å²) in [4.78, 5) is 11.3. The average molecular weight is 230 g/mol. The van der Waals surface area contributed by atoms with Gasteiger partial charge in [-0.1, -0.05) is 13.3 Å². The zero-order valence-corrected chi connectivity index (χ0v) is 11.1. The molecule has 0 aliphatic carbocycles. The number of unbranched alkanes of at least 4 members (excludes halogenated alkanes) is 1. The van der Waals surface area contributed by atoms with Crippen LogP contribution >= 0.6 is 0 Å². The highest BCUT2D eigenvalue weighted by molar-refractivity contribution is 5.74. The molecule has 0 unspecified atom stereocenters. The van der Waals surface area contributed by atoms with Crippen molar-refractivity contribution in [3.8, 4) is 0 Å².